The van der Waals surface area contributed by atoms with E-state index in [0.717, 1.165) is 18.4 Å². The number of rotatable bonds is 3. The molecule has 3 unspecified atom stereocenters. The summed E-state index contributed by atoms with van der Waals surface area (Å²) in [6, 6.07) is 8.01. The van der Waals surface area contributed by atoms with Crippen molar-refractivity contribution in [2.45, 2.75) is 38.4 Å². The summed E-state index contributed by atoms with van der Waals surface area (Å²) < 4.78 is 0. The van der Waals surface area contributed by atoms with E-state index in [1.54, 1.807) is 0 Å². The molecule has 2 N–H and O–H groups in total. The van der Waals surface area contributed by atoms with Gasteiger partial charge < -0.3 is 10.2 Å². The van der Waals surface area contributed by atoms with Crippen LogP contribution in [0.5, 0.6) is 0 Å². The van der Waals surface area contributed by atoms with Crippen LogP contribution in [0.25, 0.3) is 0 Å². The minimum Gasteiger partial charge on any atom is -0.393 e. The van der Waals surface area contributed by atoms with E-state index >= 15 is 0 Å². The summed E-state index contributed by atoms with van der Waals surface area (Å²) in [5.74, 6) is 0.192. The molecule has 1 aliphatic carbocycles. The molecule has 0 aliphatic heterocycles. The summed E-state index contributed by atoms with van der Waals surface area (Å²) in [5.41, 5.74) is 2.28. The summed E-state index contributed by atoms with van der Waals surface area (Å²) in [7, 11) is 0. The predicted molar refractivity (Wildman–Crippen MR) is 59.5 cm³/mol. The molecular formula is C13H18O2. The Morgan fingerprint density at radius 2 is 2.13 bits per heavy atom. The van der Waals surface area contributed by atoms with Crippen molar-refractivity contribution in [3.8, 4) is 0 Å². The van der Waals surface area contributed by atoms with Gasteiger partial charge in [0.1, 0.15) is 0 Å². The van der Waals surface area contributed by atoms with Crippen LogP contribution in [0.1, 0.15) is 37.0 Å². The Kier molecular flexibility index (Phi) is 3.08. The maximum Gasteiger partial charge on any atom is 0.0825 e. The lowest BCUT2D eigenvalue weighted by Gasteiger charge is -2.17. The van der Waals surface area contributed by atoms with Crippen molar-refractivity contribution >= 4 is 0 Å². The number of benzene rings is 1. The van der Waals surface area contributed by atoms with E-state index in [1.807, 2.05) is 25.1 Å². The molecule has 3 atom stereocenters. The fourth-order valence-electron chi connectivity index (χ4n) is 2.39. The van der Waals surface area contributed by atoms with Crippen LogP contribution in [0.3, 0.4) is 0 Å². The molecule has 1 aliphatic rings. The topological polar surface area (TPSA) is 40.5 Å². The summed E-state index contributed by atoms with van der Waals surface area (Å²) in [6.45, 7) is 1.97. The van der Waals surface area contributed by atoms with E-state index < -0.39 is 0 Å². The van der Waals surface area contributed by atoms with E-state index in [1.165, 1.54) is 5.56 Å². The Bertz CT molecular complexity index is 335. The molecule has 0 amide bonds. The van der Waals surface area contributed by atoms with Gasteiger partial charge in [-0.3, -0.25) is 0 Å². The van der Waals surface area contributed by atoms with E-state index in [2.05, 4.69) is 6.07 Å². The zero-order chi connectivity index (χ0) is 10.8. The summed E-state index contributed by atoms with van der Waals surface area (Å²) in [4.78, 5) is 0. The van der Waals surface area contributed by atoms with Gasteiger partial charge in [-0.2, -0.15) is 0 Å². The maximum absolute atomic E-state index is 10.1. The molecule has 82 valence electrons. The van der Waals surface area contributed by atoms with Crippen LogP contribution in [-0.2, 0) is 6.42 Å². The van der Waals surface area contributed by atoms with Gasteiger partial charge in [-0.05, 0) is 36.3 Å². The van der Waals surface area contributed by atoms with Gasteiger partial charge in [0.15, 0.2) is 0 Å². The van der Waals surface area contributed by atoms with Crippen LogP contribution in [0.2, 0.25) is 0 Å². The molecule has 15 heavy (non-hydrogen) atoms. The molecule has 0 saturated carbocycles. The lowest BCUT2D eigenvalue weighted by Crippen LogP contribution is -2.16. The van der Waals surface area contributed by atoms with Crippen LogP contribution in [0, 0.1) is 5.92 Å². The van der Waals surface area contributed by atoms with E-state index in [4.69, 9.17) is 0 Å². The van der Waals surface area contributed by atoms with Crippen molar-refractivity contribution in [2.75, 3.05) is 0 Å². The molecule has 1 aromatic carbocycles. The lowest BCUT2D eigenvalue weighted by atomic mass is 9.95. The van der Waals surface area contributed by atoms with Crippen LogP contribution in [-0.4, -0.2) is 16.3 Å². The number of fused-ring (bicyclic) bond motifs is 1. The Labute approximate surface area is 90.6 Å². The average molecular weight is 206 g/mol. The fraction of sp³-hybridized carbons (Fsp3) is 0.538. The molecule has 2 rings (SSSR count). The van der Waals surface area contributed by atoms with Crippen LogP contribution >= 0.6 is 0 Å². The fourth-order valence-corrected chi connectivity index (χ4v) is 2.39. The molecule has 1 aromatic rings. The number of hydrogen-bond acceptors (Lipinski definition) is 2. The first-order chi connectivity index (χ1) is 7.22. The molecule has 0 saturated heterocycles. The van der Waals surface area contributed by atoms with Crippen molar-refractivity contribution < 1.29 is 10.2 Å². The predicted octanol–water partition coefficient (Wildman–Crippen LogP) is 2.05. The average Bonchev–Trinajstić information content (AvgIpc) is 2.57. The molecule has 0 heterocycles. The molecule has 2 nitrogen and oxygen atoms in total. The second kappa shape index (κ2) is 4.33. The van der Waals surface area contributed by atoms with Crippen LogP contribution < -0.4 is 0 Å². The van der Waals surface area contributed by atoms with Gasteiger partial charge in [-0.1, -0.05) is 31.2 Å². The van der Waals surface area contributed by atoms with Crippen molar-refractivity contribution in [1.29, 1.82) is 0 Å². The quantitative estimate of drug-likeness (QED) is 0.794. The first-order valence-corrected chi connectivity index (χ1v) is 5.66. The molecule has 2 heteroatoms. The van der Waals surface area contributed by atoms with Gasteiger partial charge >= 0.3 is 0 Å². The SMILES string of the molecule is CCC(O)CC1Cc2ccccc2C1O. The van der Waals surface area contributed by atoms with Gasteiger partial charge in [-0.25, -0.2) is 0 Å². The van der Waals surface area contributed by atoms with Gasteiger partial charge in [0.25, 0.3) is 0 Å². The highest BCUT2D eigenvalue weighted by atomic mass is 16.3. The minimum absolute atomic E-state index is 0.192. The van der Waals surface area contributed by atoms with E-state index in [0.29, 0.717) is 6.42 Å². The Morgan fingerprint density at radius 1 is 1.40 bits per heavy atom. The molecule has 0 bridgehead atoms. The minimum atomic E-state index is -0.387. The van der Waals surface area contributed by atoms with Gasteiger partial charge in [0, 0.05) is 0 Å². The van der Waals surface area contributed by atoms with Crippen molar-refractivity contribution in [2.24, 2.45) is 5.92 Å². The lowest BCUT2D eigenvalue weighted by molar-refractivity contribution is 0.0702. The number of aliphatic hydroxyl groups is 2. The van der Waals surface area contributed by atoms with Crippen molar-refractivity contribution in [3.05, 3.63) is 35.4 Å². The first-order valence-electron chi connectivity index (χ1n) is 5.66. The van der Waals surface area contributed by atoms with E-state index in [9.17, 15) is 10.2 Å². The Hall–Kier alpha value is -0.860. The maximum atomic E-state index is 10.1. The standard InChI is InChI=1S/C13H18O2/c1-2-11(14)8-10-7-9-5-3-4-6-12(9)13(10)15/h3-6,10-11,13-15H,2,7-8H2,1H3. The highest BCUT2D eigenvalue weighted by molar-refractivity contribution is 5.34. The molecule has 0 fully saturated rings. The van der Waals surface area contributed by atoms with Gasteiger partial charge in [0.2, 0.25) is 0 Å². The summed E-state index contributed by atoms with van der Waals surface area (Å²) >= 11 is 0. The van der Waals surface area contributed by atoms with Gasteiger partial charge in [0.05, 0.1) is 12.2 Å². The monoisotopic (exact) mass is 206 g/mol. The van der Waals surface area contributed by atoms with Gasteiger partial charge in [-0.15, -0.1) is 0 Å². The second-order valence-electron chi connectivity index (χ2n) is 4.41. The van der Waals surface area contributed by atoms with Crippen LogP contribution in [0.4, 0.5) is 0 Å². The van der Waals surface area contributed by atoms with Crippen LogP contribution in [0.15, 0.2) is 24.3 Å². The van der Waals surface area contributed by atoms with E-state index in [-0.39, 0.29) is 18.1 Å². The van der Waals surface area contributed by atoms with Crippen molar-refractivity contribution in [3.63, 3.8) is 0 Å². The second-order valence-corrected chi connectivity index (χ2v) is 4.41. The highest BCUT2D eigenvalue weighted by Crippen LogP contribution is 2.38. The zero-order valence-corrected chi connectivity index (χ0v) is 9.06. The smallest absolute Gasteiger partial charge is 0.0825 e. The summed E-state index contributed by atoms with van der Waals surface area (Å²) in [5, 5.41) is 19.7. The third-order valence-electron chi connectivity index (χ3n) is 3.35. The normalized spacial score (nSPS) is 26.3. The summed E-state index contributed by atoms with van der Waals surface area (Å²) in [6.07, 6.45) is 1.70. The number of hydrogen-bond donors (Lipinski definition) is 2. The number of aliphatic hydroxyl groups excluding tert-OH is 2. The Morgan fingerprint density at radius 3 is 2.80 bits per heavy atom. The van der Waals surface area contributed by atoms with Crippen molar-refractivity contribution in [1.82, 2.24) is 0 Å². The molecule has 0 radical (unpaired) electrons. The third kappa shape index (κ3) is 2.06. The largest absolute Gasteiger partial charge is 0.393 e. The zero-order valence-electron chi connectivity index (χ0n) is 9.06. The molecule has 0 spiro atoms. The molecule has 0 aromatic heterocycles. The third-order valence-corrected chi connectivity index (χ3v) is 3.35. The highest BCUT2D eigenvalue weighted by Gasteiger charge is 2.31. The Balaban J connectivity index is 2.10. The first kappa shape index (κ1) is 10.7. The molecular weight excluding hydrogens is 188 g/mol.